The van der Waals surface area contributed by atoms with Gasteiger partial charge < -0.3 is 0 Å². The van der Waals surface area contributed by atoms with Crippen LogP contribution in [-0.2, 0) is 14.6 Å². The summed E-state index contributed by atoms with van der Waals surface area (Å²) in [7, 11) is -3.34. The number of carbonyl (C=O) groups excluding carboxylic acids is 1. The average Bonchev–Trinajstić information content (AvgIpc) is 1.68. The summed E-state index contributed by atoms with van der Waals surface area (Å²) in [5.41, 5.74) is -0.0347. The second-order valence-electron chi connectivity index (χ2n) is 1.05. The van der Waals surface area contributed by atoms with Gasteiger partial charge in [0.15, 0.2) is 0 Å². The van der Waals surface area contributed by atoms with E-state index in [0.29, 0.717) is 0 Å². The summed E-state index contributed by atoms with van der Waals surface area (Å²) in [5.74, 6) is -0.101. The van der Waals surface area contributed by atoms with Gasteiger partial charge in [-0.2, -0.15) is 0 Å². The number of hydrogen-bond acceptors (Lipinski definition) is 3. The van der Waals surface area contributed by atoms with Crippen molar-refractivity contribution < 1.29 is 13.2 Å². The number of sulfone groups is 1. The van der Waals surface area contributed by atoms with Gasteiger partial charge in [-0.05, 0) is 0 Å². The zero-order chi connectivity index (χ0) is 5.91. The van der Waals surface area contributed by atoms with Crippen LogP contribution in [0.15, 0.2) is 0 Å². The Hall–Kier alpha value is -0.380. The molecule has 0 spiro atoms. The van der Waals surface area contributed by atoms with Gasteiger partial charge in [0.25, 0.3) is 0 Å². The third-order valence-electron chi connectivity index (χ3n) is 0.549. The molecule has 7 heavy (non-hydrogen) atoms. The molecule has 42 valence electrons. The first kappa shape index (κ1) is 6.62. The molecule has 0 aromatic heterocycles. The summed E-state index contributed by atoms with van der Waals surface area (Å²) in [5, 5.41) is 0. The van der Waals surface area contributed by atoms with E-state index in [1.165, 1.54) is 6.92 Å². The minimum absolute atomic E-state index is 0.0347. The number of hydrogen-bond donors (Lipinski definition) is 0. The Morgan fingerprint density at radius 3 is 2.00 bits per heavy atom. The van der Waals surface area contributed by atoms with Crippen molar-refractivity contribution in [3.05, 3.63) is 0 Å². The van der Waals surface area contributed by atoms with Crippen molar-refractivity contribution in [3.63, 3.8) is 0 Å². The van der Waals surface area contributed by atoms with E-state index in [0.717, 1.165) is 0 Å². The smallest absolute Gasteiger partial charge is 0.234 e. The van der Waals surface area contributed by atoms with Crippen molar-refractivity contribution in [1.82, 2.24) is 0 Å². The van der Waals surface area contributed by atoms with Crippen LogP contribution in [0.5, 0.6) is 0 Å². The van der Waals surface area contributed by atoms with Gasteiger partial charge in [0.1, 0.15) is 0 Å². The van der Waals surface area contributed by atoms with Crippen molar-refractivity contribution in [1.29, 1.82) is 0 Å². The Labute approximate surface area is 42.3 Å². The van der Waals surface area contributed by atoms with Crippen LogP contribution < -0.4 is 0 Å². The zero-order valence-electron chi connectivity index (χ0n) is 3.92. The molecule has 0 rings (SSSR count). The molecule has 0 aromatic carbocycles. The van der Waals surface area contributed by atoms with Gasteiger partial charge in [-0.15, -0.1) is 0 Å². The Morgan fingerprint density at radius 2 is 2.00 bits per heavy atom. The highest BCUT2D eigenvalue weighted by Gasteiger charge is 2.00. The van der Waals surface area contributed by atoms with Crippen LogP contribution >= 0.6 is 0 Å². The maximum atomic E-state index is 10.0. The molecule has 0 radical (unpaired) electrons. The fourth-order valence-corrected chi connectivity index (χ4v) is 0.204. The van der Waals surface area contributed by atoms with Gasteiger partial charge in [-0.25, -0.2) is 8.42 Å². The molecular weight excluding hydrogens is 116 g/mol. The van der Waals surface area contributed by atoms with Gasteiger partial charge in [-0.3, -0.25) is 4.79 Å². The number of carbonyl (C=O) groups is 1. The first-order valence-electron chi connectivity index (χ1n) is 1.80. The molecule has 0 unspecified atom stereocenters. The van der Waals surface area contributed by atoms with Crippen LogP contribution in [0.3, 0.4) is 0 Å². The van der Waals surface area contributed by atoms with Gasteiger partial charge in [0.05, 0.1) is 5.75 Å². The van der Waals surface area contributed by atoms with Gasteiger partial charge in [0, 0.05) is 0 Å². The molecule has 0 fully saturated rings. The molecule has 0 heterocycles. The Morgan fingerprint density at radius 1 is 1.57 bits per heavy atom. The van der Waals surface area contributed by atoms with E-state index in [9.17, 15) is 13.2 Å². The highest BCUT2D eigenvalue weighted by molar-refractivity contribution is 8.04. The molecule has 4 heteroatoms. The first-order valence-corrected chi connectivity index (χ1v) is 3.52. The summed E-state index contributed by atoms with van der Waals surface area (Å²) in [6.45, 7) is 1.42. The SMILES string of the molecule is CCS(=O)(=O)C=O. The molecular formula is C3H6O3S. The van der Waals surface area contributed by atoms with E-state index in [-0.39, 0.29) is 11.4 Å². The fourth-order valence-electron chi connectivity index (χ4n) is 0.0680. The minimum Gasteiger partial charge on any atom is -0.285 e. The van der Waals surface area contributed by atoms with Crippen LogP contribution in [-0.4, -0.2) is 19.8 Å². The molecule has 0 aliphatic heterocycles. The largest absolute Gasteiger partial charge is 0.285 e. The zero-order valence-corrected chi connectivity index (χ0v) is 4.73. The van der Waals surface area contributed by atoms with Crippen molar-refractivity contribution in [2.75, 3.05) is 5.75 Å². The lowest BCUT2D eigenvalue weighted by Gasteiger charge is -1.80. The van der Waals surface area contributed by atoms with Crippen molar-refractivity contribution >= 4 is 15.5 Å². The van der Waals surface area contributed by atoms with E-state index < -0.39 is 9.84 Å². The Kier molecular flexibility index (Phi) is 1.95. The summed E-state index contributed by atoms with van der Waals surface area (Å²) < 4.78 is 20.0. The molecule has 0 saturated carbocycles. The van der Waals surface area contributed by atoms with Crippen molar-refractivity contribution in [3.8, 4) is 0 Å². The lowest BCUT2D eigenvalue weighted by atomic mass is 11.0. The van der Waals surface area contributed by atoms with Gasteiger partial charge in [-0.1, -0.05) is 6.92 Å². The first-order chi connectivity index (χ1) is 3.12. The topological polar surface area (TPSA) is 51.2 Å². The minimum atomic E-state index is -3.34. The highest BCUT2D eigenvalue weighted by atomic mass is 32.2. The molecule has 0 aliphatic rings. The maximum Gasteiger partial charge on any atom is 0.234 e. The maximum absolute atomic E-state index is 10.0. The number of rotatable bonds is 2. The molecule has 0 aliphatic carbocycles. The molecule has 0 atom stereocenters. The standard InChI is InChI=1S/C3H6O3S/c1-2-7(5,6)3-4/h3H,2H2,1H3. The van der Waals surface area contributed by atoms with E-state index >= 15 is 0 Å². The van der Waals surface area contributed by atoms with Crippen molar-refractivity contribution in [2.45, 2.75) is 6.92 Å². The second kappa shape index (κ2) is 2.07. The molecule has 3 nitrogen and oxygen atoms in total. The third kappa shape index (κ3) is 2.33. The Balaban J connectivity index is 4.17. The monoisotopic (exact) mass is 122 g/mol. The van der Waals surface area contributed by atoms with E-state index in [2.05, 4.69) is 0 Å². The van der Waals surface area contributed by atoms with Gasteiger partial charge in [0.2, 0.25) is 15.5 Å². The normalized spacial score (nSPS) is 11.0. The van der Waals surface area contributed by atoms with Crippen molar-refractivity contribution in [2.24, 2.45) is 0 Å². The molecule has 0 aromatic rings. The summed E-state index contributed by atoms with van der Waals surface area (Å²) in [6, 6.07) is 0. The van der Waals surface area contributed by atoms with Crippen LogP contribution in [0, 0.1) is 0 Å². The molecule has 0 saturated heterocycles. The summed E-state index contributed by atoms with van der Waals surface area (Å²) in [4.78, 5) is 9.47. The van der Waals surface area contributed by atoms with Crippen LogP contribution in [0.2, 0.25) is 0 Å². The lowest BCUT2D eigenvalue weighted by molar-refractivity contribution is 0.556. The lowest BCUT2D eigenvalue weighted by Crippen LogP contribution is -2.01. The Bertz CT molecular complexity index is 144. The summed E-state index contributed by atoms with van der Waals surface area (Å²) >= 11 is 0. The second-order valence-corrected chi connectivity index (χ2v) is 3.14. The van der Waals surface area contributed by atoms with Crippen LogP contribution in [0.4, 0.5) is 0 Å². The molecule has 0 N–H and O–H groups in total. The highest BCUT2D eigenvalue weighted by Crippen LogP contribution is 1.77. The predicted octanol–water partition coefficient (Wildman–Crippen LogP) is -0.389. The quantitative estimate of drug-likeness (QED) is 0.469. The molecule has 0 amide bonds. The van der Waals surface area contributed by atoms with Crippen LogP contribution in [0.1, 0.15) is 6.92 Å². The van der Waals surface area contributed by atoms with Crippen LogP contribution in [0.25, 0.3) is 0 Å². The fraction of sp³-hybridized carbons (Fsp3) is 0.667. The van der Waals surface area contributed by atoms with E-state index in [1.807, 2.05) is 0 Å². The summed E-state index contributed by atoms with van der Waals surface area (Å²) in [6.07, 6.45) is 0. The van der Waals surface area contributed by atoms with E-state index in [4.69, 9.17) is 0 Å². The van der Waals surface area contributed by atoms with Gasteiger partial charge >= 0.3 is 0 Å². The van der Waals surface area contributed by atoms with E-state index in [1.54, 1.807) is 0 Å². The predicted molar refractivity (Wildman–Crippen MR) is 26.2 cm³/mol. The average molecular weight is 122 g/mol. The molecule has 0 bridgehead atoms. The third-order valence-corrected chi connectivity index (χ3v) is 1.65.